The number of nitrogens with one attached hydrogen (secondary N) is 1. The minimum Gasteiger partial charge on any atom is -0.330 e. The molecule has 1 fully saturated rings. The van der Waals surface area contributed by atoms with E-state index in [2.05, 4.69) is 25.8 Å². The fourth-order valence-electron chi connectivity index (χ4n) is 3.85. The van der Waals surface area contributed by atoms with Crippen molar-refractivity contribution in [2.45, 2.75) is 54.6 Å². The maximum absolute atomic E-state index is 14.7. The molecule has 3 aromatic rings. The van der Waals surface area contributed by atoms with Gasteiger partial charge in [0.15, 0.2) is 11.6 Å². The number of tetrazole rings is 1. The number of rotatable bonds is 9. The topological polar surface area (TPSA) is 155 Å². The van der Waals surface area contributed by atoms with E-state index >= 15 is 0 Å². The minimum atomic E-state index is -0.729. The smallest absolute Gasteiger partial charge is 0.270 e. The Hall–Kier alpha value is -3.45. The first kappa shape index (κ1) is 23.7. The van der Waals surface area contributed by atoms with E-state index in [1.54, 1.807) is 6.20 Å². The van der Waals surface area contributed by atoms with E-state index < -0.39 is 16.6 Å². The molecule has 1 saturated carbocycles. The third-order valence-electron chi connectivity index (χ3n) is 5.61. The van der Waals surface area contributed by atoms with Gasteiger partial charge in [-0.05, 0) is 71.6 Å². The molecule has 3 N–H and O–H groups in total. The Labute approximate surface area is 198 Å². The van der Waals surface area contributed by atoms with Crippen LogP contribution >= 0.6 is 11.8 Å². The summed E-state index contributed by atoms with van der Waals surface area (Å²) in [5, 5.41) is 25.6. The molecule has 1 aliphatic rings. The number of benzene rings is 1. The predicted molar refractivity (Wildman–Crippen MR) is 122 cm³/mol. The second kappa shape index (κ2) is 10.7. The molecular weight excluding hydrogens is 463 g/mol. The molecule has 11 nitrogen and oxygen atoms in total. The summed E-state index contributed by atoms with van der Waals surface area (Å²) in [6, 6.07) is 5.25. The van der Waals surface area contributed by atoms with Gasteiger partial charge in [0.05, 0.1) is 10.5 Å². The monoisotopic (exact) mass is 486 g/mol. The van der Waals surface area contributed by atoms with Gasteiger partial charge in [-0.25, -0.2) is 14.1 Å². The lowest BCUT2D eigenvalue weighted by atomic mass is 9.99. The Morgan fingerprint density at radius 1 is 1.32 bits per heavy atom. The fourth-order valence-corrected chi connectivity index (χ4v) is 4.75. The van der Waals surface area contributed by atoms with Crippen molar-refractivity contribution in [2.75, 3.05) is 11.9 Å². The number of hydrogen-bond donors (Lipinski definition) is 2. The van der Waals surface area contributed by atoms with Crippen LogP contribution in [-0.4, -0.2) is 42.6 Å². The third-order valence-corrected chi connectivity index (χ3v) is 6.66. The minimum absolute atomic E-state index is 0.0198. The standard InChI is InChI=1S/C21H23FN8O3S/c22-17-10-14(13-4-1-2-5-13)12-24-19(17)25-20(31)16-11-15(30(32)33)6-7-18(16)34-21-26-27-28-29(21)9-3-8-23/h6-7,10-13H,1-5,8-9,23H2,(H,24,25,31). The van der Waals surface area contributed by atoms with Crippen molar-refractivity contribution >= 4 is 29.2 Å². The van der Waals surface area contributed by atoms with Crippen molar-refractivity contribution in [3.63, 3.8) is 0 Å². The number of non-ortho nitro benzene ring substituents is 1. The number of aryl methyl sites for hydroxylation is 1. The highest BCUT2D eigenvalue weighted by molar-refractivity contribution is 7.99. The van der Waals surface area contributed by atoms with Crippen molar-refractivity contribution in [3.05, 3.63) is 57.5 Å². The number of hydrogen-bond acceptors (Lipinski definition) is 9. The molecule has 34 heavy (non-hydrogen) atoms. The van der Waals surface area contributed by atoms with Gasteiger partial charge in [0, 0.05) is 29.8 Å². The summed E-state index contributed by atoms with van der Waals surface area (Å²) in [6.07, 6.45) is 6.41. The normalized spacial score (nSPS) is 13.8. The first-order chi connectivity index (χ1) is 16.5. The number of nitrogens with two attached hydrogens (primary N) is 1. The van der Waals surface area contributed by atoms with Gasteiger partial charge < -0.3 is 11.1 Å². The number of nitrogens with zero attached hydrogens (tertiary/aromatic N) is 6. The Morgan fingerprint density at radius 3 is 2.82 bits per heavy atom. The maximum Gasteiger partial charge on any atom is 0.270 e. The van der Waals surface area contributed by atoms with Crippen LogP contribution in [0.5, 0.6) is 0 Å². The molecule has 1 aromatic carbocycles. The highest BCUT2D eigenvalue weighted by Gasteiger charge is 2.23. The number of halogens is 1. The van der Waals surface area contributed by atoms with Crippen molar-refractivity contribution in [3.8, 4) is 0 Å². The van der Waals surface area contributed by atoms with Gasteiger partial charge in [-0.1, -0.05) is 12.8 Å². The molecule has 0 unspecified atom stereocenters. The van der Waals surface area contributed by atoms with E-state index in [-0.39, 0.29) is 23.0 Å². The quantitative estimate of drug-likeness (QED) is 0.341. The van der Waals surface area contributed by atoms with Crippen LogP contribution in [0.4, 0.5) is 15.9 Å². The molecule has 178 valence electrons. The van der Waals surface area contributed by atoms with Gasteiger partial charge in [-0.15, -0.1) is 5.10 Å². The van der Waals surface area contributed by atoms with E-state index in [9.17, 15) is 19.3 Å². The van der Waals surface area contributed by atoms with E-state index in [0.717, 1.165) is 49.1 Å². The lowest BCUT2D eigenvalue weighted by Gasteiger charge is -2.12. The maximum atomic E-state index is 14.7. The molecule has 4 rings (SSSR count). The molecule has 2 aromatic heterocycles. The second-order valence-corrected chi connectivity index (χ2v) is 8.91. The number of pyridine rings is 1. The zero-order chi connectivity index (χ0) is 24.1. The number of amides is 1. The lowest BCUT2D eigenvalue weighted by Crippen LogP contribution is -2.16. The third kappa shape index (κ3) is 5.37. The number of nitro groups is 1. The van der Waals surface area contributed by atoms with Crippen LogP contribution in [0.15, 0.2) is 40.5 Å². The molecule has 1 amide bonds. The summed E-state index contributed by atoms with van der Waals surface area (Å²) >= 11 is 1.07. The van der Waals surface area contributed by atoms with E-state index in [0.29, 0.717) is 29.6 Å². The Kier molecular flexibility index (Phi) is 7.43. The molecule has 0 atom stereocenters. The SMILES string of the molecule is NCCCn1nnnc1Sc1ccc([N+](=O)[O-])cc1C(=O)Nc1ncc(C2CCCC2)cc1F. The van der Waals surface area contributed by atoms with Crippen molar-refractivity contribution in [1.82, 2.24) is 25.2 Å². The fraction of sp³-hybridized carbons (Fsp3) is 0.381. The highest BCUT2D eigenvalue weighted by Crippen LogP contribution is 2.35. The molecule has 0 spiro atoms. The summed E-state index contributed by atoms with van der Waals surface area (Å²) in [5.74, 6) is -1.34. The zero-order valence-electron chi connectivity index (χ0n) is 18.2. The average molecular weight is 487 g/mol. The first-order valence-electron chi connectivity index (χ1n) is 10.9. The van der Waals surface area contributed by atoms with Gasteiger partial charge in [-0.3, -0.25) is 14.9 Å². The molecule has 0 aliphatic heterocycles. The molecule has 1 aliphatic carbocycles. The molecule has 0 saturated heterocycles. The van der Waals surface area contributed by atoms with Crippen molar-refractivity contribution < 1.29 is 14.1 Å². The van der Waals surface area contributed by atoms with Crippen LogP contribution in [0.2, 0.25) is 0 Å². The molecule has 2 heterocycles. The van der Waals surface area contributed by atoms with Gasteiger partial charge in [0.2, 0.25) is 5.16 Å². The van der Waals surface area contributed by atoms with Crippen LogP contribution in [-0.2, 0) is 6.54 Å². The molecule has 13 heteroatoms. The van der Waals surface area contributed by atoms with Gasteiger partial charge in [0.25, 0.3) is 11.6 Å². The van der Waals surface area contributed by atoms with Gasteiger partial charge in [-0.2, -0.15) is 0 Å². The summed E-state index contributed by atoms with van der Waals surface area (Å²) < 4.78 is 16.3. The molecular formula is C21H23FN8O3S. The summed E-state index contributed by atoms with van der Waals surface area (Å²) in [6.45, 7) is 0.927. The number of aromatic nitrogens is 5. The molecule has 0 radical (unpaired) electrons. The first-order valence-corrected chi connectivity index (χ1v) is 11.7. The van der Waals surface area contributed by atoms with Crippen LogP contribution in [0.3, 0.4) is 0 Å². The Balaban J connectivity index is 1.59. The van der Waals surface area contributed by atoms with Crippen molar-refractivity contribution in [1.29, 1.82) is 0 Å². The van der Waals surface area contributed by atoms with Crippen molar-refractivity contribution in [2.24, 2.45) is 5.73 Å². The Bertz CT molecular complexity index is 1200. The summed E-state index contributed by atoms with van der Waals surface area (Å²) in [7, 11) is 0. The van der Waals surface area contributed by atoms with E-state index in [1.165, 1.54) is 22.9 Å². The summed E-state index contributed by atoms with van der Waals surface area (Å²) in [5.41, 5.74) is 6.06. The van der Waals surface area contributed by atoms with Gasteiger partial charge in [0.1, 0.15) is 0 Å². The second-order valence-electron chi connectivity index (χ2n) is 7.90. The largest absolute Gasteiger partial charge is 0.330 e. The Morgan fingerprint density at radius 2 is 2.12 bits per heavy atom. The molecule has 0 bridgehead atoms. The van der Waals surface area contributed by atoms with E-state index in [4.69, 9.17) is 5.73 Å². The highest BCUT2D eigenvalue weighted by atomic mass is 32.2. The average Bonchev–Trinajstić information content (AvgIpc) is 3.51. The number of carbonyl (C=O) groups is 1. The van der Waals surface area contributed by atoms with Crippen LogP contribution in [0, 0.1) is 15.9 Å². The van der Waals surface area contributed by atoms with Crippen LogP contribution < -0.4 is 11.1 Å². The number of anilines is 1. The van der Waals surface area contributed by atoms with Gasteiger partial charge >= 0.3 is 0 Å². The predicted octanol–water partition coefficient (Wildman–Crippen LogP) is 3.53. The lowest BCUT2D eigenvalue weighted by molar-refractivity contribution is -0.384. The van der Waals surface area contributed by atoms with Crippen LogP contribution in [0.25, 0.3) is 0 Å². The van der Waals surface area contributed by atoms with Crippen LogP contribution in [0.1, 0.15) is 53.9 Å². The zero-order valence-corrected chi connectivity index (χ0v) is 19.0. The number of nitro benzene ring substituents is 1. The summed E-state index contributed by atoms with van der Waals surface area (Å²) in [4.78, 5) is 28.2. The number of carbonyl (C=O) groups excluding carboxylic acids is 1. The van der Waals surface area contributed by atoms with E-state index in [1.807, 2.05) is 0 Å².